The zero-order valence-corrected chi connectivity index (χ0v) is 27.8. The van der Waals surface area contributed by atoms with Crippen LogP contribution in [0.4, 0.5) is 0 Å². The first-order valence-corrected chi connectivity index (χ1v) is 17.1. The van der Waals surface area contributed by atoms with Crippen molar-refractivity contribution >= 4 is 5.97 Å². The molecule has 5 aliphatic carbocycles. The predicted octanol–water partition coefficient (Wildman–Crippen LogP) is 4.41. The lowest BCUT2D eigenvalue weighted by molar-refractivity contribution is -0.295. The lowest BCUT2D eigenvalue weighted by atomic mass is 9.34. The van der Waals surface area contributed by atoms with Crippen LogP contribution >= 0.6 is 0 Å². The molecule has 1 aliphatic heterocycles. The zero-order valence-electron chi connectivity index (χ0n) is 27.8. The summed E-state index contributed by atoms with van der Waals surface area (Å²) in [6, 6.07) is 0. The van der Waals surface area contributed by atoms with Crippen LogP contribution < -0.4 is 0 Å². The molecule has 8 heteroatoms. The van der Waals surface area contributed by atoms with Crippen molar-refractivity contribution in [1.29, 1.82) is 0 Å². The molecule has 0 aromatic carbocycles. The minimum absolute atomic E-state index is 0.0298. The maximum atomic E-state index is 14.4. The number of rotatable bonds is 3. The second kappa shape index (κ2) is 10.6. The normalized spacial score (nSPS) is 51.7. The number of esters is 1. The van der Waals surface area contributed by atoms with E-state index < -0.39 is 48.7 Å². The smallest absolute Gasteiger partial charge is 0.318 e. The summed E-state index contributed by atoms with van der Waals surface area (Å²) in [4.78, 5) is 14.4. The second-order valence-corrected chi connectivity index (χ2v) is 16.8. The van der Waals surface area contributed by atoms with E-state index in [-0.39, 0.29) is 27.8 Å². The van der Waals surface area contributed by atoms with E-state index in [0.29, 0.717) is 30.6 Å². The highest BCUT2D eigenvalue weighted by molar-refractivity contribution is 5.84. The van der Waals surface area contributed by atoms with Crippen LogP contribution in [0.3, 0.4) is 0 Å². The molecule has 13 atom stereocenters. The lowest BCUT2D eigenvalue weighted by Crippen LogP contribution is -2.64. The molecule has 13 unspecified atom stereocenters. The number of aliphatic hydroxyl groups is 5. The molecule has 3 saturated carbocycles. The fourth-order valence-corrected chi connectivity index (χ4v) is 11.6. The first kappa shape index (κ1) is 32.6. The average molecular weight is 617 g/mol. The SMILES string of the molecule is CC1=C2C3=CCC4C5(C)CCC(O)C(C)(C)C5CCC4(C)C3(C)CCC2(C(=O)OC2OC(CO)C(O)C(O)C2O)CCC1C. The van der Waals surface area contributed by atoms with Crippen LogP contribution in [-0.4, -0.2) is 74.9 Å². The van der Waals surface area contributed by atoms with E-state index in [1.165, 1.54) is 11.1 Å². The van der Waals surface area contributed by atoms with Crippen LogP contribution in [0.25, 0.3) is 0 Å². The Balaban J connectivity index is 1.38. The van der Waals surface area contributed by atoms with Crippen molar-refractivity contribution in [3.63, 3.8) is 0 Å². The summed E-state index contributed by atoms with van der Waals surface area (Å²) < 4.78 is 11.5. The predicted molar refractivity (Wildman–Crippen MR) is 165 cm³/mol. The molecule has 248 valence electrons. The molecular weight excluding hydrogens is 560 g/mol. The van der Waals surface area contributed by atoms with E-state index in [0.717, 1.165) is 50.5 Å². The van der Waals surface area contributed by atoms with E-state index >= 15 is 0 Å². The van der Waals surface area contributed by atoms with Gasteiger partial charge in [0.25, 0.3) is 0 Å². The summed E-state index contributed by atoms with van der Waals surface area (Å²) in [6.07, 6.45) is 2.78. The third-order valence-electron chi connectivity index (χ3n) is 14.8. The van der Waals surface area contributed by atoms with Gasteiger partial charge in [-0.15, -0.1) is 0 Å². The van der Waals surface area contributed by atoms with Gasteiger partial charge in [-0.1, -0.05) is 53.2 Å². The number of hydrogen-bond acceptors (Lipinski definition) is 8. The van der Waals surface area contributed by atoms with Gasteiger partial charge in [-0.25, -0.2) is 0 Å². The van der Waals surface area contributed by atoms with Gasteiger partial charge in [-0.2, -0.15) is 0 Å². The van der Waals surface area contributed by atoms with E-state index in [2.05, 4.69) is 54.5 Å². The first-order chi connectivity index (χ1) is 20.5. The monoisotopic (exact) mass is 616 g/mol. The van der Waals surface area contributed by atoms with Crippen molar-refractivity contribution in [1.82, 2.24) is 0 Å². The van der Waals surface area contributed by atoms with Gasteiger partial charge in [0.1, 0.15) is 24.4 Å². The molecule has 1 saturated heterocycles. The van der Waals surface area contributed by atoms with Gasteiger partial charge < -0.3 is 35.0 Å². The quantitative estimate of drug-likeness (QED) is 0.294. The maximum Gasteiger partial charge on any atom is 0.318 e. The minimum atomic E-state index is -1.62. The molecule has 0 aromatic heterocycles. The van der Waals surface area contributed by atoms with Crippen LogP contribution in [0.1, 0.15) is 106 Å². The van der Waals surface area contributed by atoms with Crippen molar-refractivity contribution in [3.05, 3.63) is 22.8 Å². The Morgan fingerprint density at radius 2 is 1.61 bits per heavy atom. The summed E-state index contributed by atoms with van der Waals surface area (Å²) >= 11 is 0. The third kappa shape index (κ3) is 4.19. The lowest BCUT2D eigenvalue weighted by Gasteiger charge is -2.70. The summed E-state index contributed by atoms with van der Waals surface area (Å²) in [5.41, 5.74) is 2.63. The highest BCUT2D eigenvalue weighted by Crippen LogP contribution is 2.75. The number of carbonyl (C=O) groups is 1. The van der Waals surface area contributed by atoms with Crippen molar-refractivity contribution in [2.45, 2.75) is 143 Å². The summed E-state index contributed by atoms with van der Waals surface area (Å²) in [5.74, 6) is 0.796. The number of fused-ring (bicyclic) bond motifs is 7. The van der Waals surface area contributed by atoms with Gasteiger partial charge in [-0.05, 0) is 115 Å². The minimum Gasteiger partial charge on any atom is -0.432 e. The number of aliphatic hydroxyl groups excluding tert-OH is 5. The molecular formula is C36H56O8. The van der Waals surface area contributed by atoms with E-state index in [9.17, 15) is 30.3 Å². The van der Waals surface area contributed by atoms with Crippen LogP contribution in [0.15, 0.2) is 22.8 Å². The van der Waals surface area contributed by atoms with Crippen molar-refractivity contribution in [2.24, 2.45) is 44.8 Å². The molecule has 0 bridgehead atoms. The van der Waals surface area contributed by atoms with E-state index in [1.54, 1.807) is 0 Å². The third-order valence-corrected chi connectivity index (χ3v) is 14.8. The second-order valence-electron chi connectivity index (χ2n) is 16.8. The fourth-order valence-electron chi connectivity index (χ4n) is 11.6. The molecule has 1 heterocycles. The highest BCUT2D eigenvalue weighted by Gasteiger charge is 2.68. The van der Waals surface area contributed by atoms with Crippen molar-refractivity contribution in [2.75, 3.05) is 6.61 Å². The van der Waals surface area contributed by atoms with Gasteiger partial charge in [0, 0.05) is 0 Å². The van der Waals surface area contributed by atoms with Crippen LogP contribution in [0.5, 0.6) is 0 Å². The Morgan fingerprint density at radius 3 is 2.30 bits per heavy atom. The Kier molecular flexibility index (Phi) is 7.87. The molecule has 8 nitrogen and oxygen atoms in total. The first-order valence-electron chi connectivity index (χ1n) is 17.1. The molecule has 0 aromatic rings. The highest BCUT2D eigenvalue weighted by atomic mass is 16.7. The molecule has 6 rings (SSSR count). The topological polar surface area (TPSA) is 137 Å². The molecule has 4 fully saturated rings. The van der Waals surface area contributed by atoms with E-state index in [4.69, 9.17) is 9.47 Å². The zero-order chi connectivity index (χ0) is 32.2. The Morgan fingerprint density at radius 1 is 0.909 bits per heavy atom. The molecule has 6 aliphatic rings. The van der Waals surface area contributed by atoms with Crippen molar-refractivity contribution < 1.29 is 39.8 Å². The Labute approximate surface area is 262 Å². The Bertz CT molecular complexity index is 1240. The van der Waals surface area contributed by atoms with Crippen molar-refractivity contribution in [3.8, 4) is 0 Å². The fraction of sp³-hybridized carbons (Fsp3) is 0.861. The average Bonchev–Trinajstić information content (AvgIpc) is 2.97. The van der Waals surface area contributed by atoms with Gasteiger partial charge in [0.05, 0.1) is 18.1 Å². The number of allylic oxidation sites excluding steroid dienone is 3. The summed E-state index contributed by atoms with van der Waals surface area (Å²) in [5, 5.41) is 52.0. The van der Waals surface area contributed by atoms with Crippen LogP contribution in [0, 0.1) is 44.8 Å². The number of carbonyl (C=O) groups excluding carboxylic acids is 1. The van der Waals surface area contributed by atoms with Gasteiger partial charge >= 0.3 is 5.97 Å². The number of ether oxygens (including phenoxy) is 2. The molecule has 0 amide bonds. The Hall–Kier alpha value is -1.29. The molecule has 0 spiro atoms. The van der Waals surface area contributed by atoms with Gasteiger partial charge in [0.15, 0.2) is 0 Å². The summed E-state index contributed by atoms with van der Waals surface area (Å²) in [6.45, 7) is 15.8. The number of hydrogen-bond donors (Lipinski definition) is 5. The molecule has 5 N–H and O–H groups in total. The van der Waals surface area contributed by atoms with Gasteiger partial charge in [0.2, 0.25) is 6.29 Å². The maximum absolute atomic E-state index is 14.4. The van der Waals surface area contributed by atoms with Crippen LogP contribution in [0.2, 0.25) is 0 Å². The standard InChI is InChI=1S/C36H56O8/c1-19-10-15-36(31(42)44-30-29(41)28(40)27(39)22(18-37)43-30)17-16-34(6)21(26(36)20(19)2)8-9-24-33(5)13-12-25(38)32(3,4)23(33)11-14-35(24,34)7/h8,19,22-25,27-30,37-41H,9-18H2,1-7H3. The van der Waals surface area contributed by atoms with Gasteiger partial charge in [-0.3, -0.25) is 4.79 Å². The molecule has 44 heavy (non-hydrogen) atoms. The van der Waals surface area contributed by atoms with E-state index in [1.807, 2.05) is 0 Å². The molecule has 0 radical (unpaired) electrons. The van der Waals surface area contributed by atoms with Crippen LogP contribution in [-0.2, 0) is 14.3 Å². The largest absolute Gasteiger partial charge is 0.432 e. The summed E-state index contributed by atoms with van der Waals surface area (Å²) in [7, 11) is 0.